The molecule has 2 amide bonds. The highest BCUT2D eigenvalue weighted by Gasteiger charge is 2.17. The van der Waals surface area contributed by atoms with Crippen molar-refractivity contribution in [1.29, 1.82) is 0 Å². The van der Waals surface area contributed by atoms with E-state index in [-0.39, 0.29) is 17.9 Å². The van der Waals surface area contributed by atoms with Gasteiger partial charge in [-0.05, 0) is 49.2 Å². The molecule has 0 unspecified atom stereocenters. The molecular weight excluding hydrogens is 336 g/mol. The van der Waals surface area contributed by atoms with E-state index in [1.165, 1.54) is 6.42 Å². The van der Waals surface area contributed by atoms with Gasteiger partial charge in [0, 0.05) is 27.9 Å². The van der Waals surface area contributed by atoms with Gasteiger partial charge in [-0.1, -0.05) is 43.0 Å². The maximum absolute atomic E-state index is 12.4. The van der Waals surface area contributed by atoms with Crippen molar-refractivity contribution in [2.24, 2.45) is 0 Å². The Kier molecular flexibility index (Phi) is 5.71. The molecule has 0 radical (unpaired) electrons. The van der Waals surface area contributed by atoms with Crippen LogP contribution >= 0.6 is 11.6 Å². The van der Waals surface area contributed by atoms with Crippen molar-refractivity contribution in [2.75, 3.05) is 5.32 Å². The standard InChI is InChI=1S/C20H21ClN2O2/c21-16-8-5-11-18(13-16)23-20(25)15-7-4-6-14(12-15)19(24)22-17-9-2-1-3-10-17/h4-8,11-13,17H,1-3,9-10H2,(H,22,24)(H,23,25). The molecule has 3 rings (SSSR count). The molecule has 0 saturated heterocycles. The lowest BCUT2D eigenvalue weighted by Gasteiger charge is -2.22. The minimum absolute atomic E-state index is 0.121. The number of benzene rings is 2. The maximum Gasteiger partial charge on any atom is 0.255 e. The second-order valence-electron chi connectivity index (χ2n) is 6.35. The molecule has 5 heteroatoms. The number of amides is 2. The average Bonchev–Trinajstić information content (AvgIpc) is 2.62. The Labute approximate surface area is 152 Å². The molecule has 1 saturated carbocycles. The van der Waals surface area contributed by atoms with Gasteiger partial charge < -0.3 is 10.6 Å². The Balaban J connectivity index is 1.67. The molecule has 0 bridgehead atoms. The van der Waals surface area contributed by atoms with E-state index in [2.05, 4.69) is 10.6 Å². The van der Waals surface area contributed by atoms with Crippen LogP contribution in [0.25, 0.3) is 0 Å². The van der Waals surface area contributed by atoms with Gasteiger partial charge in [0.25, 0.3) is 11.8 Å². The van der Waals surface area contributed by atoms with Gasteiger partial charge in [0.2, 0.25) is 0 Å². The molecule has 1 fully saturated rings. The van der Waals surface area contributed by atoms with Crippen molar-refractivity contribution in [3.63, 3.8) is 0 Å². The summed E-state index contributed by atoms with van der Waals surface area (Å²) in [5.74, 6) is -0.390. The van der Waals surface area contributed by atoms with Gasteiger partial charge >= 0.3 is 0 Å². The monoisotopic (exact) mass is 356 g/mol. The summed E-state index contributed by atoms with van der Waals surface area (Å²) in [5.41, 5.74) is 1.56. The Bertz CT molecular complexity index is 770. The first kappa shape index (κ1) is 17.5. The average molecular weight is 357 g/mol. The zero-order valence-corrected chi connectivity index (χ0v) is 14.7. The minimum atomic E-state index is -0.269. The molecule has 25 heavy (non-hydrogen) atoms. The predicted octanol–water partition coefficient (Wildman–Crippen LogP) is 4.65. The second-order valence-corrected chi connectivity index (χ2v) is 6.79. The van der Waals surface area contributed by atoms with Crippen LogP contribution in [0, 0.1) is 0 Å². The third kappa shape index (κ3) is 4.83. The van der Waals surface area contributed by atoms with E-state index >= 15 is 0 Å². The molecule has 0 spiro atoms. The number of anilines is 1. The first-order valence-electron chi connectivity index (χ1n) is 8.60. The van der Waals surface area contributed by atoms with Crippen molar-refractivity contribution in [3.8, 4) is 0 Å². The summed E-state index contributed by atoms with van der Waals surface area (Å²) in [7, 11) is 0. The third-order valence-electron chi connectivity index (χ3n) is 4.41. The molecular formula is C20H21ClN2O2. The Morgan fingerprint density at radius 3 is 2.28 bits per heavy atom. The van der Waals surface area contributed by atoms with E-state index in [9.17, 15) is 9.59 Å². The minimum Gasteiger partial charge on any atom is -0.349 e. The largest absolute Gasteiger partial charge is 0.349 e. The van der Waals surface area contributed by atoms with Gasteiger partial charge in [0.05, 0.1) is 0 Å². The number of hydrogen-bond donors (Lipinski definition) is 2. The normalized spacial score (nSPS) is 14.8. The van der Waals surface area contributed by atoms with E-state index in [0.717, 1.165) is 25.7 Å². The number of hydrogen-bond acceptors (Lipinski definition) is 2. The van der Waals surface area contributed by atoms with Crippen LogP contribution in [0.5, 0.6) is 0 Å². The highest BCUT2D eigenvalue weighted by Crippen LogP contribution is 2.19. The van der Waals surface area contributed by atoms with Crippen LogP contribution in [-0.4, -0.2) is 17.9 Å². The van der Waals surface area contributed by atoms with E-state index < -0.39 is 0 Å². The van der Waals surface area contributed by atoms with Gasteiger partial charge in [-0.15, -0.1) is 0 Å². The summed E-state index contributed by atoms with van der Waals surface area (Å²) in [6, 6.07) is 14.0. The first-order valence-corrected chi connectivity index (χ1v) is 8.97. The number of carbonyl (C=O) groups is 2. The van der Waals surface area contributed by atoms with Crippen LogP contribution in [0.1, 0.15) is 52.8 Å². The number of carbonyl (C=O) groups excluding carboxylic acids is 2. The van der Waals surface area contributed by atoms with Crippen LogP contribution < -0.4 is 10.6 Å². The van der Waals surface area contributed by atoms with Crippen LogP contribution in [-0.2, 0) is 0 Å². The van der Waals surface area contributed by atoms with Crippen molar-refractivity contribution in [1.82, 2.24) is 5.32 Å². The maximum atomic E-state index is 12.4. The first-order chi connectivity index (χ1) is 12.1. The molecule has 1 aliphatic rings. The Hall–Kier alpha value is -2.33. The fourth-order valence-electron chi connectivity index (χ4n) is 3.09. The number of nitrogens with one attached hydrogen (secondary N) is 2. The Morgan fingerprint density at radius 2 is 1.56 bits per heavy atom. The summed E-state index contributed by atoms with van der Waals surface area (Å²) in [5, 5.41) is 6.42. The molecule has 0 aromatic heterocycles. The number of halogens is 1. The SMILES string of the molecule is O=C(Nc1cccc(Cl)c1)c1cccc(C(=O)NC2CCCCC2)c1. The fraction of sp³-hybridized carbons (Fsp3) is 0.300. The van der Waals surface area contributed by atoms with Gasteiger partial charge in [-0.3, -0.25) is 9.59 Å². The van der Waals surface area contributed by atoms with Crippen molar-refractivity contribution in [2.45, 2.75) is 38.1 Å². The van der Waals surface area contributed by atoms with E-state index in [1.807, 2.05) is 0 Å². The fourth-order valence-corrected chi connectivity index (χ4v) is 3.28. The molecule has 0 aliphatic heterocycles. The summed E-state index contributed by atoms with van der Waals surface area (Å²) in [4.78, 5) is 24.8. The third-order valence-corrected chi connectivity index (χ3v) is 4.64. The molecule has 0 atom stereocenters. The van der Waals surface area contributed by atoms with E-state index in [0.29, 0.717) is 21.8 Å². The van der Waals surface area contributed by atoms with E-state index in [4.69, 9.17) is 11.6 Å². The van der Waals surface area contributed by atoms with Gasteiger partial charge in [0.1, 0.15) is 0 Å². The molecule has 2 N–H and O–H groups in total. The van der Waals surface area contributed by atoms with Crippen molar-refractivity contribution < 1.29 is 9.59 Å². The van der Waals surface area contributed by atoms with Crippen molar-refractivity contribution >= 4 is 29.1 Å². The molecule has 1 aliphatic carbocycles. The molecule has 0 heterocycles. The zero-order valence-electron chi connectivity index (χ0n) is 13.9. The topological polar surface area (TPSA) is 58.2 Å². The lowest BCUT2D eigenvalue weighted by atomic mass is 9.95. The lowest BCUT2D eigenvalue weighted by molar-refractivity contribution is 0.0927. The highest BCUT2D eigenvalue weighted by atomic mass is 35.5. The predicted molar refractivity (Wildman–Crippen MR) is 100 cm³/mol. The smallest absolute Gasteiger partial charge is 0.255 e. The van der Waals surface area contributed by atoms with Crippen LogP contribution in [0.15, 0.2) is 48.5 Å². The highest BCUT2D eigenvalue weighted by molar-refractivity contribution is 6.31. The summed E-state index contributed by atoms with van der Waals surface area (Å²) in [6.07, 6.45) is 5.62. The molecule has 130 valence electrons. The second kappa shape index (κ2) is 8.17. The van der Waals surface area contributed by atoms with Crippen LogP contribution in [0.3, 0.4) is 0 Å². The van der Waals surface area contributed by atoms with Gasteiger partial charge in [-0.2, -0.15) is 0 Å². The van der Waals surface area contributed by atoms with E-state index in [1.54, 1.807) is 48.5 Å². The Morgan fingerprint density at radius 1 is 0.880 bits per heavy atom. The van der Waals surface area contributed by atoms with Gasteiger partial charge in [-0.25, -0.2) is 0 Å². The molecule has 4 nitrogen and oxygen atoms in total. The molecule has 2 aromatic carbocycles. The number of rotatable bonds is 4. The summed E-state index contributed by atoms with van der Waals surface area (Å²) >= 11 is 5.93. The van der Waals surface area contributed by atoms with Crippen LogP contribution in [0.2, 0.25) is 5.02 Å². The van der Waals surface area contributed by atoms with Gasteiger partial charge in [0.15, 0.2) is 0 Å². The summed E-state index contributed by atoms with van der Waals surface area (Å²) in [6.45, 7) is 0. The van der Waals surface area contributed by atoms with Crippen molar-refractivity contribution in [3.05, 3.63) is 64.7 Å². The summed E-state index contributed by atoms with van der Waals surface area (Å²) < 4.78 is 0. The van der Waals surface area contributed by atoms with Crippen LogP contribution in [0.4, 0.5) is 5.69 Å². The zero-order chi connectivity index (χ0) is 17.6. The lowest BCUT2D eigenvalue weighted by Crippen LogP contribution is -2.36. The quantitative estimate of drug-likeness (QED) is 0.837. The molecule has 2 aromatic rings.